The second kappa shape index (κ2) is 6.47. The largest absolute Gasteiger partial charge is 0.465 e. The average Bonchev–Trinajstić information content (AvgIpc) is 2.53. The summed E-state index contributed by atoms with van der Waals surface area (Å²) in [6, 6.07) is 7.60. The van der Waals surface area contributed by atoms with E-state index in [4.69, 9.17) is 5.11 Å². The monoisotopic (exact) mass is 291 g/mol. The van der Waals surface area contributed by atoms with E-state index < -0.39 is 6.09 Å². The van der Waals surface area contributed by atoms with Crippen LogP contribution in [0.5, 0.6) is 0 Å². The molecule has 1 fully saturated rings. The molecule has 1 aromatic rings. The predicted octanol–water partition coefficient (Wildman–Crippen LogP) is 1.62. The van der Waals surface area contributed by atoms with Crippen molar-refractivity contribution in [3.05, 3.63) is 29.8 Å². The molecule has 21 heavy (non-hydrogen) atoms. The number of hydrogen-bond acceptors (Lipinski definition) is 3. The fraction of sp³-hybridized carbons (Fsp3) is 0.467. The number of rotatable bonds is 3. The van der Waals surface area contributed by atoms with Crippen LogP contribution in [0.15, 0.2) is 24.3 Å². The molecule has 0 unspecified atom stereocenters. The van der Waals surface area contributed by atoms with Crippen molar-refractivity contribution in [3.8, 4) is 0 Å². The van der Waals surface area contributed by atoms with Gasteiger partial charge in [0.1, 0.15) is 0 Å². The van der Waals surface area contributed by atoms with Gasteiger partial charge in [-0.2, -0.15) is 0 Å². The Bertz CT molecular complexity index is 515. The van der Waals surface area contributed by atoms with E-state index in [-0.39, 0.29) is 11.9 Å². The average molecular weight is 291 g/mol. The molecule has 1 saturated heterocycles. The summed E-state index contributed by atoms with van der Waals surface area (Å²) in [5, 5.41) is 11.7. The first-order chi connectivity index (χ1) is 10.1. The molecule has 0 spiro atoms. The summed E-state index contributed by atoms with van der Waals surface area (Å²) < 4.78 is 0. The lowest BCUT2D eigenvalue weighted by Gasteiger charge is -2.41. The van der Waals surface area contributed by atoms with Crippen molar-refractivity contribution in [2.75, 3.05) is 31.6 Å². The molecule has 6 heteroatoms. The summed E-state index contributed by atoms with van der Waals surface area (Å²) in [5.74, 6) is -0.107. The fourth-order valence-electron chi connectivity index (χ4n) is 2.67. The lowest BCUT2D eigenvalue weighted by atomic mass is 10.1. The number of amides is 2. The van der Waals surface area contributed by atoms with E-state index in [0.717, 1.165) is 12.1 Å². The Labute approximate surface area is 124 Å². The van der Waals surface area contributed by atoms with Gasteiger partial charge in [0.15, 0.2) is 0 Å². The van der Waals surface area contributed by atoms with Crippen LogP contribution in [0.2, 0.25) is 0 Å². The second-order valence-electron chi connectivity index (χ2n) is 5.11. The molecule has 0 aliphatic carbocycles. The zero-order valence-corrected chi connectivity index (χ0v) is 12.4. The molecule has 0 bridgehead atoms. The molecule has 2 amide bonds. The number of hydrogen-bond donors (Lipinski definition) is 2. The zero-order chi connectivity index (χ0) is 15.4. The molecule has 1 aliphatic rings. The maximum atomic E-state index is 11.5. The van der Waals surface area contributed by atoms with Crippen molar-refractivity contribution in [1.29, 1.82) is 0 Å². The van der Waals surface area contributed by atoms with Crippen LogP contribution in [0.3, 0.4) is 0 Å². The summed E-state index contributed by atoms with van der Waals surface area (Å²) >= 11 is 0. The van der Waals surface area contributed by atoms with E-state index in [1.165, 1.54) is 4.90 Å². The Hall–Kier alpha value is -2.24. The minimum Gasteiger partial charge on any atom is -0.465 e. The van der Waals surface area contributed by atoms with Crippen LogP contribution in [0.4, 0.5) is 10.5 Å². The molecule has 0 saturated carbocycles. The van der Waals surface area contributed by atoms with E-state index in [1.807, 2.05) is 12.1 Å². The van der Waals surface area contributed by atoms with Gasteiger partial charge in [-0.05, 0) is 30.7 Å². The first kappa shape index (κ1) is 15.2. The molecular weight excluding hydrogens is 270 g/mol. The maximum absolute atomic E-state index is 11.5. The molecule has 2 rings (SSSR count). The Morgan fingerprint density at radius 3 is 2.48 bits per heavy atom. The molecule has 1 aromatic carbocycles. The van der Waals surface area contributed by atoms with Crippen LogP contribution in [0.1, 0.15) is 23.7 Å². The highest BCUT2D eigenvalue weighted by molar-refractivity contribution is 5.94. The zero-order valence-electron chi connectivity index (χ0n) is 12.4. The topological polar surface area (TPSA) is 72.9 Å². The molecular formula is C15H21N3O3. The molecule has 6 nitrogen and oxygen atoms in total. The normalized spacial score (nSPS) is 18.5. The summed E-state index contributed by atoms with van der Waals surface area (Å²) in [6.45, 7) is 3.75. The second-order valence-corrected chi connectivity index (χ2v) is 5.11. The van der Waals surface area contributed by atoms with Gasteiger partial charge in [-0.25, -0.2) is 4.79 Å². The van der Waals surface area contributed by atoms with Gasteiger partial charge in [0.2, 0.25) is 0 Å². The van der Waals surface area contributed by atoms with Crippen molar-refractivity contribution >= 4 is 17.7 Å². The maximum Gasteiger partial charge on any atom is 0.407 e. The fourth-order valence-corrected chi connectivity index (χ4v) is 2.67. The van der Waals surface area contributed by atoms with E-state index in [1.54, 1.807) is 19.2 Å². The van der Waals surface area contributed by atoms with Crippen LogP contribution >= 0.6 is 0 Å². The molecule has 0 radical (unpaired) electrons. The SMILES string of the molecule is CC[C@@H]1CN(C(=O)O)CCN1c1ccc(C(=O)NC)cc1. The summed E-state index contributed by atoms with van der Waals surface area (Å²) in [4.78, 5) is 26.3. The van der Waals surface area contributed by atoms with Gasteiger partial charge in [-0.15, -0.1) is 0 Å². The van der Waals surface area contributed by atoms with Crippen LogP contribution in [-0.4, -0.2) is 54.7 Å². The van der Waals surface area contributed by atoms with Crippen molar-refractivity contribution in [1.82, 2.24) is 10.2 Å². The van der Waals surface area contributed by atoms with Gasteiger partial charge < -0.3 is 20.2 Å². The predicted molar refractivity (Wildman–Crippen MR) is 80.9 cm³/mol. The van der Waals surface area contributed by atoms with Crippen molar-refractivity contribution in [2.24, 2.45) is 0 Å². The Balaban J connectivity index is 2.13. The first-order valence-electron chi connectivity index (χ1n) is 7.13. The third kappa shape index (κ3) is 3.26. The van der Waals surface area contributed by atoms with E-state index in [9.17, 15) is 9.59 Å². The van der Waals surface area contributed by atoms with E-state index >= 15 is 0 Å². The minimum absolute atomic E-state index is 0.107. The van der Waals surface area contributed by atoms with Gasteiger partial charge in [0.25, 0.3) is 5.91 Å². The number of benzene rings is 1. The lowest BCUT2D eigenvalue weighted by molar-refractivity contribution is 0.0963. The molecule has 1 atom stereocenters. The highest BCUT2D eigenvalue weighted by Crippen LogP contribution is 2.23. The molecule has 114 valence electrons. The van der Waals surface area contributed by atoms with Gasteiger partial charge >= 0.3 is 6.09 Å². The van der Waals surface area contributed by atoms with Gasteiger partial charge in [0.05, 0.1) is 0 Å². The third-order valence-electron chi connectivity index (χ3n) is 3.91. The highest BCUT2D eigenvalue weighted by Gasteiger charge is 2.28. The number of nitrogens with zero attached hydrogens (tertiary/aromatic N) is 2. The number of carboxylic acid groups (broad SMARTS) is 1. The standard InChI is InChI=1S/C15H21N3O3/c1-3-12-10-17(15(20)21)8-9-18(12)13-6-4-11(5-7-13)14(19)16-2/h4-7,12H,3,8-10H2,1-2H3,(H,16,19)(H,20,21)/t12-/m1/s1. The molecule has 1 heterocycles. The van der Waals surface area contributed by atoms with E-state index in [2.05, 4.69) is 17.1 Å². The quantitative estimate of drug-likeness (QED) is 0.887. The van der Waals surface area contributed by atoms with Gasteiger partial charge in [-0.3, -0.25) is 4.79 Å². The lowest BCUT2D eigenvalue weighted by Crippen LogP contribution is -2.54. The summed E-state index contributed by atoms with van der Waals surface area (Å²) in [7, 11) is 1.61. The van der Waals surface area contributed by atoms with Crippen molar-refractivity contribution in [2.45, 2.75) is 19.4 Å². The van der Waals surface area contributed by atoms with Crippen LogP contribution in [0, 0.1) is 0 Å². The molecule has 2 N–H and O–H groups in total. The van der Waals surface area contributed by atoms with Crippen LogP contribution < -0.4 is 10.2 Å². The summed E-state index contributed by atoms with van der Waals surface area (Å²) in [6.07, 6.45) is 0.0177. The van der Waals surface area contributed by atoms with E-state index in [0.29, 0.717) is 25.2 Å². The smallest absolute Gasteiger partial charge is 0.407 e. The Kier molecular flexibility index (Phi) is 4.67. The number of carbonyl (C=O) groups is 2. The number of piperazine rings is 1. The van der Waals surface area contributed by atoms with Crippen molar-refractivity contribution in [3.63, 3.8) is 0 Å². The summed E-state index contributed by atoms with van der Waals surface area (Å²) in [5.41, 5.74) is 1.65. The van der Waals surface area contributed by atoms with Crippen molar-refractivity contribution < 1.29 is 14.7 Å². The highest BCUT2D eigenvalue weighted by atomic mass is 16.4. The third-order valence-corrected chi connectivity index (χ3v) is 3.91. The van der Waals surface area contributed by atoms with Crippen LogP contribution in [0.25, 0.3) is 0 Å². The first-order valence-corrected chi connectivity index (χ1v) is 7.13. The van der Waals surface area contributed by atoms with Gasteiger partial charge in [0, 0.05) is 44.0 Å². The number of carbonyl (C=O) groups excluding carboxylic acids is 1. The Morgan fingerprint density at radius 2 is 1.95 bits per heavy atom. The Morgan fingerprint density at radius 1 is 1.29 bits per heavy atom. The molecule has 0 aromatic heterocycles. The number of anilines is 1. The minimum atomic E-state index is -0.858. The molecule has 1 aliphatic heterocycles. The van der Waals surface area contributed by atoms with Gasteiger partial charge in [-0.1, -0.05) is 6.92 Å². The number of nitrogens with one attached hydrogen (secondary N) is 1. The van der Waals surface area contributed by atoms with Crippen LogP contribution in [-0.2, 0) is 0 Å².